The largest absolute Gasteiger partial charge is 0.491 e. The smallest absolute Gasteiger partial charge is 0.164 e. The monoisotopic (exact) mass is 356 g/mol. The quantitative estimate of drug-likeness (QED) is 0.548. The predicted molar refractivity (Wildman–Crippen MR) is 107 cm³/mol. The molecule has 1 aliphatic heterocycles. The Morgan fingerprint density at radius 2 is 1.81 bits per heavy atom. The normalized spacial score (nSPS) is 16.9. The van der Waals surface area contributed by atoms with Crippen molar-refractivity contribution in [1.82, 2.24) is 15.0 Å². The highest BCUT2D eigenvalue weighted by Crippen LogP contribution is 2.30. The zero-order valence-electron chi connectivity index (χ0n) is 15.0. The van der Waals surface area contributed by atoms with Crippen LogP contribution >= 0.6 is 0 Å². The zero-order valence-corrected chi connectivity index (χ0v) is 15.0. The zero-order chi connectivity index (χ0) is 18.1. The van der Waals surface area contributed by atoms with Gasteiger partial charge in [-0.2, -0.15) is 0 Å². The summed E-state index contributed by atoms with van der Waals surface area (Å²) in [5.74, 6) is 1.89. The fourth-order valence-corrected chi connectivity index (χ4v) is 3.91. The second-order valence-electron chi connectivity index (χ2n) is 6.85. The van der Waals surface area contributed by atoms with Gasteiger partial charge in [-0.05, 0) is 36.4 Å². The molecule has 0 N–H and O–H groups in total. The molecule has 5 nitrogen and oxygen atoms in total. The van der Waals surface area contributed by atoms with E-state index in [0.717, 1.165) is 47.4 Å². The molecular weight excluding hydrogens is 336 g/mol. The van der Waals surface area contributed by atoms with Gasteiger partial charge in [-0.1, -0.05) is 36.4 Å². The fraction of sp³-hybridized carbons (Fsp3) is 0.227. The molecule has 2 aromatic heterocycles. The van der Waals surface area contributed by atoms with Gasteiger partial charge in [0.1, 0.15) is 24.5 Å². The summed E-state index contributed by atoms with van der Waals surface area (Å²) < 4.78 is 6.27. The number of rotatable bonds is 4. The van der Waals surface area contributed by atoms with E-state index in [2.05, 4.69) is 50.2 Å². The van der Waals surface area contributed by atoms with Crippen LogP contribution in [0.15, 0.2) is 67.1 Å². The van der Waals surface area contributed by atoms with Crippen molar-refractivity contribution in [3.8, 4) is 5.75 Å². The Kier molecular flexibility index (Phi) is 4.05. The van der Waals surface area contributed by atoms with E-state index in [1.165, 1.54) is 5.39 Å². The number of ether oxygens (including phenoxy) is 1. The molecule has 1 atom stereocenters. The molecule has 27 heavy (non-hydrogen) atoms. The number of hydrogen-bond acceptors (Lipinski definition) is 5. The standard InChI is InChI=1S/C22H20N4O/c1-2-9-18-16(6-1)7-3-11-20(18)27-14-17-8-5-13-26(17)22-19-10-4-12-23-21(19)24-15-25-22/h1-4,6-7,9-12,15,17H,5,8,13-14H2. The van der Waals surface area contributed by atoms with E-state index in [0.29, 0.717) is 12.6 Å². The van der Waals surface area contributed by atoms with Crippen molar-refractivity contribution >= 4 is 27.6 Å². The Balaban J connectivity index is 1.42. The molecule has 0 radical (unpaired) electrons. The number of anilines is 1. The van der Waals surface area contributed by atoms with Gasteiger partial charge in [0.2, 0.25) is 0 Å². The van der Waals surface area contributed by atoms with Crippen LogP contribution in [-0.2, 0) is 0 Å². The van der Waals surface area contributed by atoms with E-state index in [9.17, 15) is 0 Å². The van der Waals surface area contributed by atoms with Crippen LogP contribution in [0.4, 0.5) is 5.82 Å². The number of nitrogens with zero attached hydrogens (tertiary/aromatic N) is 4. The van der Waals surface area contributed by atoms with Gasteiger partial charge < -0.3 is 9.64 Å². The average molecular weight is 356 g/mol. The third-order valence-electron chi connectivity index (χ3n) is 5.22. The topological polar surface area (TPSA) is 51.1 Å². The maximum Gasteiger partial charge on any atom is 0.164 e. The number of pyridine rings is 1. The van der Waals surface area contributed by atoms with Crippen LogP contribution < -0.4 is 9.64 Å². The lowest BCUT2D eigenvalue weighted by molar-refractivity contribution is 0.291. The summed E-state index contributed by atoms with van der Waals surface area (Å²) in [5.41, 5.74) is 0.739. The van der Waals surface area contributed by atoms with Crippen molar-refractivity contribution in [3.63, 3.8) is 0 Å². The molecule has 1 fully saturated rings. The lowest BCUT2D eigenvalue weighted by atomic mass is 10.1. The Bertz CT molecular complexity index is 1090. The van der Waals surface area contributed by atoms with Crippen molar-refractivity contribution in [2.45, 2.75) is 18.9 Å². The SMILES string of the molecule is c1ccc2c(OCC3CCCN3c3ncnc4ncccc34)cccc2c1. The van der Waals surface area contributed by atoms with E-state index in [1.54, 1.807) is 12.5 Å². The Morgan fingerprint density at radius 1 is 0.926 bits per heavy atom. The molecule has 3 heterocycles. The maximum absolute atomic E-state index is 6.27. The minimum absolute atomic E-state index is 0.294. The molecule has 4 aromatic rings. The first kappa shape index (κ1) is 16.0. The van der Waals surface area contributed by atoms with Gasteiger partial charge in [-0.25, -0.2) is 15.0 Å². The van der Waals surface area contributed by atoms with E-state index in [-0.39, 0.29) is 0 Å². The first-order valence-electron chi connectivity index (χ1n) is 9.33. The Labute approximate surface area is 157 Å². The molecule has 1 saturated heterocycles. The summed E-state index contributed by atoms with van der Waals surface area (Å²) in [6.45, 7) is 1.62. The summed E-state index contributed by atoms with van der Waals surface area (Å²) in [4.78, 5) is 15.6. The van der Waals surface area contributed by atoms with Crippen LogP contribution in [0, 0.1) is 0 Å². The molecule has 134 valence electrons. The van der Waals surface area contributed by atoms with E-state index in [1.807, 2.05) is 24.3 Å². The van der Waals surface area contributed by atoms with Gasteiger partial charge in [0.15, 0.2) is 5.65 Å². The maximum atomic E-state index is 6.27. The summed E-state index contributed by atoms with van der Waals surface area (Å²) in [7, 11) is 0. The van der Waals surface area contributed by atoms with Gasteiger partial charge >= 0.3 is 0 Å². The van der Waals surface area contributed by atoms with E-state index in [4.69, 9.17) is 4.74 Å². The summed E-state index contributed by atoms with van der Waals surface area (Å²) >= 11 is 0. The fourth-order valence-electron chi connectivity index (χ4n) is 3.91. The minimum atomic E-state index is 0.294. The number of benzene rings is 2. The molecular formula is C22H20N4O. The number of fused-ring (bicyclic) bond motifs is 2. The highest BCUT2D eigenvalue weighted by Gasteiger charge is 2.28. The molecule has 2 aromatic carbocycles. The van der Waals surface area contributed by atoms with Crippen LogP contribution in [0.3, 0.4) is 0 Å². The first-order valence-corrected chi connectivity index (χ1v) is 9.33. The van der Waals surface area contributed by atoms with Crippen molar-refractivity contribution in [1.29, 1.82) is 0 Å². The number of hydrogen-bond donors (Lipinski definition) is 0. The highest BCUT2D eigenvalue weighted by molar-refractivity contribution is 5.88. The lowest BCUT2D eigenvalue weighted by Crippen LogP contribution is -2.35. The third kappa shape index (κ3) is 2.95. The van der Waals surface area contributed by atoms with E-state index < -0.39 is 0 Å². The van der Waals surface area contributed by atoms with Gasteiger partial charge in [-0.15, -0.1) is 0 Å². The van der Waals surface area contributed by atoms with Crippen molar-refractivity contribution < 1.29 is 4.74 Å². The molecule has 0 amide bonds. The lowest BCUT2D eigenvalue weighted by Gasteiger charge is -2.26. The average Bonchev–Trinajstić information content (AvgIpc) is 3.20. The van der Waals surface area contributed by atoms with Crippen molar-refractivity contribution in [2.24, 2.45) is 0 Å². The van der Waals surface area contributed by atoms with Gasteiger partial charge in [-0.3, -0.25) is 0 Å². The third-order valence-corrected chi connectivity index (χ3v) is 5.22. The van der Waals surface area contributed by atoms with Crippen LogP contribution in [0.25, 0.3) is 21.8 Å². The molecule has 0 spiro atoms. The second kappa shape index (κ2) is 6.83. The summed E-state index contributed by atoms with van der Waals surface area (Å²) in [5, 5.41) is 3.35. The molecule has 1 unspecified atom stereocenters. The molecule has 1 aliphatic rings. The van der Waals surface area contributed by atoms with Gasteiger partial charge in [0, 0.05) is 18.1 Å². The first-order chi connectivity index (χ1) is 13.4. The molecule has 0 bridgehead atoms. The Hall–Kier alpha value is -3.21. The van der Waals surface area contributed by atoms with Crippen LogP contribution in [0.1, 0.15) is 12.8 Å². The van der Waals surface area contributed by atoms with Crippen LogP contribution in [0.2, 0.25) is 0 Å². The van der Waals surface area contributed by atoms with Crippen LogP contribution in [0.5, 0.6) is 5.75 Å². The van der Waals surface area contributed by atoms with Crippen molar-refractivity contribution in [3.05, 3.63) is 67.1 Å². The predicted octanol–water partition coefficient (Wildman–Crippen LogP) is 4.23. The second-order valence-corrected chi connectivity index (χ2v) is 6.85. The van der Waals surface area contributed by atoms with Gasteiger partial charge in [0.05, 0.1) is 11.4 Å². The Morgan fingerprint density at radius 3 is 2.81 bits per heavy atom. The van der Waals surface area contributed by atoms with Gasteiger partial charge in [0.25, 0.3) is 0 Å². The number of aromatic nitrogens is 3. The molecule has 0 aliphatic carbocycles. The molecule has 5 heteroatoms. The van der Waals surface area contributed by atoms with Crippen LogP contribution in [-0.4, -0.2) is 34.1 Å². The highest BCUT2D eigenvalue weighted by atomic mass is 16.5. The minimum Gasteiger partial charge on any atom is -0.491 e. The summed E-state index contributed by atoms with van der Waals surface area (Å²) in [6.07, 6.45) is 5.60. The summed E-state index contributed by atoms with van der Waals surface area (Å²) in [6, 6.07) is 18.8. The molecule has 0 saturated carbocycles. The molecule has 5 rings (SSSR count). The van der Waals surface area contributed by atoms with Crippen molar-refractivity contribution in [2.75, 3.05) is 18.1 Å². The van der Waals surface area contributed by atoms with E-state index >= 15 is 0 Å².